The molecule has 0 saturated heterocycles. The molecule has 1 rings (SSSR count). The highest BCUT2D eigenvalue weighted by molar-refractivity contribution is 7.89. The van der Waals surface area contributed by atoms with Crippen LogP contribution >= 0.6 is 23.2 Å². The van der Waals surface area contributed by atoms with Gasteiger partial charge in [0.25, 0.3) is 5.91 Å². The second-order valence-electron chi connectivity index (χ2n) is 3.58. The molecule has 1 amide bonds. The zero-order valence-corrected chi connectivity index (χ0v) is 11.6. The van der Waals surface area contributed by atoms with E-state index in [1.165, 1.54) is 6.07 Å². The average Bonchev–Trinajstić information content (AvgIpc) is 2.26. The Morgan fingerprint density at radius 1 is 1.33 bits per heavy atom. The predicted molar refractivity (Wildman–Crippen MR) is 71.4 cm³/mol. The first-order valence-corrected chi connectivity index (χ1v) is 7.51. The summed E-state index contributed by atoms with van der Waals surface area (Å²) in [6.45, 7) is 0.193. The van der Waals surface area contributed by atoms with Crippen LogP contribution < -0.4 is 10.5 Å². The van der Waals surface area contributed by atoms with E-state index in [0.717, 1.165) is 0 Å². The molecular weight excluding hydrogens is 299 g/mol. The number of rotatable bonds is 5. The summed E-state index contributed by atoms with van der Waals surface area (Å²) in [6.07, 6.45) is 0.239. The number of carbonyl (C=O) groups is 1. The fourth-order valence-electron chi connectivity index (χ4n) is 1.25. The number of primary sulfonamides is 1. The van der Waals surface area contributed by atoms with Crippen LogP contribution in [-0.4, -0.2) is 26.6 Å². The molecule has 0 radical (unpaired) electrons. The SMILES string of the molecule is NS(=O)(=O)CCCNC(=O)c1cccc(Cl)c1Cl. The number of benzene rings is 1. The monoisotopic (exact) mass is 310 g/mol. The Hall–Kier alpha value is -0.820. The van der Waals surface area contributed by atoms with E-state index < -0.39 is 15.9 Å². The first-order chi connectivity index (χ1) is 8.31. The zero-order valence-electron chi connectivity index (χ0n) is 9.32. The van der Waals surface area contributed by atoms with Gasteiger partial charge in [-0.05, 0) is 18.6 Å². The Kier molecular flexibility index (Phi) is 5.40. The maximum absolute atomic E-state index is 11.7. The molecule has 0 unspecified atom stereocenters. The molecule has 1 aromatic carbocycles. The standard InChI is InChI=1S/C10H12Cl2N2O3S/c11-8-4-1-3-7(9(8)12)10(15)14-5-2-6-18(13,16)17/h1,3-4H,2,5-6H2,(H,14,15)(H2,13,16,17). The van der Waals surface area contributed by atoms with Crippen LogP contribution in [0.4, 0.5) is 0 Å². The molecule has 0 aliphatic carbocycles. The van der Waals surface area contributed by atoms with E-state index in [0.29, 0.717) is 0 Å². The summed E-state index contributed by atoms with van der Waals surface area (Å²) in [5.41, 5.74) is 0.250. The van der Waals surface area contributed by atoms with Crippen molar-refractivity contribution in [2.75, 3.05) is 12.3 Å². The minimum Gasteiger partial charge on any atom is -0.352 e. The molecule has 0 heterocycles. The van der Waals surface area contributed by atoms with Gasteiger partial charge in [0.05, 0.1) is 21.4 Å². The van der Waals surface area contributed by atoms with Crippen molar-refractivity contribution >= 4 is 39.1 Å². The van der Waals surface area contributed by atoms with Gasteiger partial charge in [-0.15, -0.1) is 0 Å². The van der Waals surface area contributed by atoms with Crippen molar-refractivity contribution in [2.24, 2.45) is 5.14 Å². The lowest BCUT2D eigenvalue weighted by atomic mass is 10.2. The minimum atomic E-state index is -3.50. The molecule has 18 heavy (non-hydrogen) atoms. The first-order valence-electron chi connectivity index (χ1n) is 5.04. The van der Waals surface area contributed by atoms with Crippen molar-refractivity contribution in [3.63, 3.8) is 0 Å². The van der Waals surface area contributed by atoms with Crippen molar-refractivity contribution in [1.82, 2.24) is 5.32 Å². The summed E-state index contributed by atoms with van der Waals surface area (Å²) in [7, 11) is -3.50. The Balaban J connectivity index is 2.54. The smallest absolute Gasteiger partial charge is 0.252 e. The third-order valence-corrected chi connectivity index (χ3v) is 3.76. The minimum absolute atomic E-state index is 0.170. The van der Waals surface area contributed by atoms with Crippen LogP contribution in [0.15, 0.2) is 18.2 Å². The topological polar surface area (TPSA) is 89.3 Å². The molecular formula is C10H12Cl2N2O3S. The second kappa shape index (κ2) is 6.38. The van der Waals surface area contributed by atoms with Crippen LogP contribution in [0, 0.1) is 0 Å². The number of amides is 1. The maximum atomic E-state index is 11.7. The van der Waals surface area contributed by atoms with Crippen LogP contribution in [0.1, 0.15) is 16.8 Å². The highest BCUT2D eigenvalue weighted by Gasteiger charge is 2.12. The summed E-state index contributed by atoms with van der Waals surface area (Å²) < 4.78 is 21.3. The average molecular weight is 311 g/mol. The summed E-state index contributed by atoms with van der Waals surface area (Å²) >= 11 is 11.6. The van der Waals surface area contributed by atoms with Gasteiger partial charge in [-0.2, -0.15) is 0 Å². The zero-order chi connectivity index (χ0) is 13.8. The van der Waals surface area contributed by atoms with Gasteiger partial charge >= 0.3 is 0 Å². The van der Waals surface area contributed by atoms with Gasteiger partial charge in [0.15, 0.2) is 0 Å². The van der Waals surface area contributed by atoms with Gasteiger partial charge < -0.3 is 5.32 Å². The number of sulfonamides is 1. The van der Waals surface area contributed by atoms with Crippen molar-refractivity contribution < 1.29 is 13.2 Å². The number of nitrogens with one attached hydrogen (secondary N) is 1. The lowest BCUT2D eigenvalue weighted by Crippen LogP contribution is -2.27. The van der Waals surface area contributed by atoms with Crippen LogP contribution in [0.5, 0.6) is 0 Å². The van der Waals surface area contributed by atoms with Crippen molar-refractivity contribution in [1.29, 1.82) is 0 Å². The van der Waals surface area contributed by atoms with Crippen LogP contribution in [-0.2, 0) is 10.0 Å². The van der Waals surface area contributed by atoms with E-state index in [-0.39, 0.29) is 34.3 Å². The molecule has 0 spiro atoms. The third-order valence-electron chi connectivity index (χ3n) is 2.09. The van der Waals surface area contributed by atoms with Gasteiger partial charge in [-0.3, -0.25) is 4.79 Å². The number of nitrogens with two attached hydrogens (primary N) is 1. The quantitative estimate of drug-likeness (QED) is 0.806. The van der Waals surface area contributed by atoms with E-state index in [4.69, 9.17) is 28.3 Å². The van der Waals surface area contributed by atoms with Crippen molar-refractivity contribution in [3.05, 3.63) is 33.8 Å². The molecule has 0 saturated carbocycles. The van der Waals surface area contributed by atoms with E-state index in [1.54, 1.807) is 12.1 Å². The van der Waals surface area contributed by atoms with Crippen molar-refractivity contribution in [3.8, 4) is 0 Å². The van der Waals surface area contributed by atoms with E-state index in [9.17, 15) is 13.2 Å². The molecule has 3 N–H and O–H groups in total. The number of hydrogen-bond donors (Lipinski definition) is 2. The molecule has 0 atom stereocenters. The Morgan fingerprint density at radius 2 is 2.00 bits per heavy atom. The molecule has 0 aliphatic heterocycles. The van der Waals surface area contributed by atoms with Gasteiger partial charge in [0.2, 0.25) is 10.0 Å². The normalized spacial score (nSPS) is 11.3. The fourth-order valence-corrected chi connectivity index (χ4v) is 2.18. The summed E-state index contributed by atoms with van der Waals surface area (Å²) in [4.78, 5) is 11.7. The summed E-state index contributed by atoms with van der Waals surface area (Å²) in [5, 5.41) is 7.82. The number of halogens is 2. The van der Waals surface area contributed by atoms with Gasteiger partial charge in [-0.1, -0.05) is 29.3 Å². The number of carbonyl (C=O) groups excluding carboxylic acids is 1. The lowest BCUT2D eigenvalue weighted by molar-refractivity contribution is 0.0954. The first kappa shape index (κ1) is 15.2. The predicted octanol–water partition coefficient (Wildman–Crippen LogP) is 1.40. The van der Waals surface area contributed by atoms with E-state index >= 15 is 0 Å². The van der Waals surface area contributed by atoms with E-state index in [1.807, 2.05) is 0 Å². The van der Waals surface area contributed by atoms with E-state index in [2.05, 4.69) is 5.32 Å². The second-order valence-corrected chi connectivity index (χ2v) is 6.10. The Labute approximate surface area is 115 Å². The van der Waals surface area contributed by atoms with Gasteiger partial charge in [-0.25, -0.2) is 13.6 Å². The van der Waals surface area contributed by atoms with Crippen molar-refractivity contribution in [2.45, 2.75) is 6.42 Å². The molecule has 0 bridgehead atoms. The Morgan fingerprint density at radius 3 is 2.61 bits per heavy atom. The van der Waals surface area contributed by atoms with Gasteiger partial charge in [0, 0.05) is 6.54 Å². The molecule has 8 heteroatoms. The maximum Gasteiger partial charge on any atom is 0.252 e. The lowest BCUT2D eigenvalue weighted by Gasteiger charge is -2.07. The highest BCUT2D eigenvalue weighted by atomic mass is 35.5. The van der Waals surface area contributed by atoms with Crippen LogP contribution in [0.3, 0.4) is 0 Å². The molecule has 0 aliphatic rings. The molecule has 0 aromatic heterocycles. The van der Waals surface area contributed by atoms with Crippen LogP contribution in [0.25, 0.3) is 0 Å². The highest BCUT2D eigenvalue weighted by Crippen LogP contribution is 2.25. The fraction of sp³-hybridized carbons (Fsp3) is 0.300. The summed E-state index contributed by atoms with van der Waals surface area (Å²) in [6, 6.07) is 4.71. The largest absolute Gasteiger partial charge is 0.352 e. The van der Waals surface area contributed by atoms with Crippen LogP contribution in [0.2, 0.25) is 10.0 Å². The summed E-state index contributed by atoms with van der Waals surface area (Å²) in [5.74, 6) is -0.590. The third kappa shape index (κ3) is 4.81. The molecule has 100 valence electrons. The molecule has 1 aromatic rings. The molecule has 0 fully saturated rings. The molecule has 5 nitrogen and oxygen atoms in total. The Bertz CT molecular complexity index is 546. The number of hydrogen-bond acceptors (Lipinski definition) is 3. The van der Waals surface area contributed by atoms with Gasteiger partial charge in [0.1, 0.15) is 0 Å².